The van der Waals surface area contributed by atoms with Crippen molar-refractivity contribution < 1.29 is 19.4 Å². The van der Waals surface area contributed by atoms with Gasteiger partial charge in [0.1, 0.15) is 23.7 Å². The Labute approximate surface area is 110 Å². The highest BCUT2D eigenvalue weighted by molar-refractivity contribution is 5.91. The predicted octanol–water partition coefficient (Wildman–Crippen LogP) is -0.140. The molecule has 0 saturated carbocycles. The lowest BCUT2D eigenvalue weighted by molar-refractivity contribution is -0.150. The molecule has 0 aliphatic carbocycles. The number of nitrogens with zero attached hydrogens (tertiary/aromatic N) is 2. The Morgan fingerprint density at radius 3 is 2.79 bits per heavy atom. The molecule has 1 aliphatic rings. The third-order valence-electron chi connectivity index (χ3n) is 2.91. The molecule has 0 radical (unpaired) electrons. The summed E-state index contributed by atoms with van der Waals surface area (Å²) in [5.41, 5.74) is 4.88. The predicted molar refractivity (Wildman–Crippen MR) is 67.0 cm³/mol. The number of hydrogen-bond acceptors (Lipinski definition) is 5. The fourth-order valence-corrected chi connectivity index (χ4v) is 1.99. The maximum atomic E-state index is 11.0. The summed E-state index contributed by atoms with van der Waals surface area (Å²) in [5.74, 6) is -0.937. The number of carbonyl (C=O) groups excluding carboxylic acids is 1. The minimum atomic E-state index is -0.992. The molecule has 7 heteroatoms. The quantitative estimate of drug-likeness (QED) is 0.767. The SMILES string of the molecule is CC1(OCC(=O)O)CN(c2cccc(C(N)=O)n2)C1. The molecule has 1 saturated heterocycles. The molecule has 1 aromatic heterocycles. The summed E-state index contributed by atoms with van der Waals surface area (Å²) >= 11 is 0. The van der Waals surface area contributed by atoms with Crippen molar-refractivity contribution in [3.8, 4) is 0 Å². The van der Waals surface area contributed by atoms with Gasteiger partial charge in [-0.15, -0.1) is 0 Å². The average molecular weight is 265 g/mol. The van der Waals surface area contributed by atoms with Crippen LogP contribution in [0.25, 0.3) is 0 Å². The number of hydrogen-bond donors (Lipinski definition) is 2. The van der Waals surface area contributed by atoms with Gasteiger partial charge in [0, 0.05) is 13.1 Å². The average Bonchev–Trinajstić information content (AvgIpc) is 2.33. The minimum Gasteiger partial charge on any atom is -0.480 e. The van der Waals surface area contributed by atoms with Gasteiger partial charge >= 0.3 is 5.97 Å². The highest BCUT2D eigenvalue weighted by atomic mass is 16.5. The van der Waals surface area contributed by atoms with Gasteiger partial charge < -0.3 is 20.5 Å². The number of aliphatic carboxylic acids is 1. The number of nitrogens with two attached hydrogens (primary N) is 1. The summed E-state index contributed by atoms with van der Waals surface area (Å²) in [5, 5.41) is 8.57. The first-order chi connectivity index (χ1) is 8.89. The van der Waals surface area contributed by atoms with E-state index in [0.29, 0.717) is 18.9 Å². The van der Waals surface area contributed by atoms with Crippen LogP contribution in [0.1, 0.15) is 17.4 Å². The maximum absolute atomic E-state index is 11.0. The van der Waals surface area contributed by atoms with Crippen LogP contribution in [0.2, 0.25) is 0 Å². The summed E-state index contributed by atoms with van der Waals surface area (Å²) < 4.78 is 5.30. The van der Waals surface area contributed by atoms with Crippen molar-refractivity contribution in [3.63, 3.8) is 0 Å². The van der Waals surface area contributed by atoms with Crippen LogP contribution in [-0.2, 0) is 9.53 Å². The van der Waals surface area contributed by atoms with Gasteiger partial charge in [0.25, 0.3) is 5.91 Å². The molecule has 1 amide bonds. The molecule has 1 aromatic rings. The second-order valence-electron chi connectivity index (χ2n) is 4.73. The highest BCUT2D eigenvalue weighted by Gasteiger charge is 2.41. The zero-order chi connectivity index (χ0) is 14.0. The molecule has 0 bridgehead atoms. The van der Waals surface area contributed by atoms with E-state index in [0.717, 1.165) is 0 Å². The first-order valence-corrected chi connectivity index (χ1v) is 5.77. The molecule has 7 nitrogen and oxygen atoms in total. The number of primary amides is 1. The molecule has 3 N–H and O–H groups in total. The molecule has 102 valence electrons. The summed E-state index contributed by atoms with van der Waals surface area (Å²) in [6.07, 6.45) is 0. The Kier molecular flexibility index (Phi) is 3.39. The number of amides is 1. The van der Waals surface area contributed by atoms with Gasteiger partial charge in [-0.3, -0.25) is 4.79 Å². The van der Waals surface area contributed by atoms with E-state index >= 15 is 0 Å². The number of carboxylic acid groups (broad SMARTS) is 1. The fraction of sp³-hybridized carbons (Fsp3) is 0.417. The molecule has 2 heterocycles. The van der Waals surface area contributed by atoms with E-state index in [-0.39, 0.29) is 12.3 Å². The molecule has 1 aliphatic heterocycles. The van der Waals surface area contributed by atoms with E-state index in [4.69, 9.17) is 15.6 Å². The molecule has 2 rings (SSSR count). The monoisotopic (exact) mass is 265 g/mol. The van der Waals surface area contributed by atoms with Crippen molar-refractivity contribution >= 4 is 17.7 Å². The Hall–Kier alpha value is -2.15. The normalized spacial score (nSPS) is 16.8. The first-order valence-electron chi connectivity index (χ1n) is 5.77. The van der Waals surface area contributed by atoms with Crippen LogP contribution in [-0.4, -0.2) is 47.3 Å². The Morgan fingerprint density at radius 2 is 2.21 bits per heavy atom. The summed E-state index contributed by atoms with van der Waals surface area (Å²) in [7, 11) is 0. The van der Waals surface area contributed by atoms with E-state index in [1.54, 1.807) is 18.2 Å². The van der Waals surface area contributed by atoms with Gasteiger partial charge in [-0.25, -0.2) is 9.78 Å². The molecule has 19 heavy (non-hydrogen) atoms. The van der Waals surface area contributed by atoms with E-state index in [1.807, 2.05) is 11.8 Å². The Bertz CT molecular complexity index is 511. The van der Waals surface area contributed by atoms with Crippen LogP contribution < -0.4 is 10.6 Å². The molecule has 0 unspecified atom stereocenters. The van der Waals surface area contributed by atoms with Crippen LogP contribution in [0.15, 0.2) is 18.2 Å². The van der Waals surface area contributed by atoms with Crippen molar-refractivity contribution in [2.75, 3.05) is 24.6 Å². The van der Waals surface area contributed by atoms with E-state index in [1.165, 1.54) is 0 Å². The van der Waals surface area contributed by atoms with Crippen molar-refractivity contribution in [2.45, 2.75) is 12.5 Å². The topological polar surface area (TPSA) is 106 Å². The lowest BCUT2D eigenvalue weighted by atomic mass is 9.96. The third-order valence-corrected chi connectivity index (χ3v) is 2.91. The van der Waals surface area contributed by atoms with Gasteiger partial charge in [-0.1, -0.05) is 6.07 Å². The molecular formula is C12H15N3O4. The van der Waals surface area contributed by atoms with Crippen molar-refractivity contribution in [1.82, 2.24) is 4.98 Å². The maximum Gasteiger partial charge on any atom is 0.329 e. The van der Waals surface area contributed by atoms with Crippen molar-refractivity contribution in [1.29, 1.82) is 0 Å². The Balaban J connectivity index is 1.98. The molecule has 0 spiro atoms. The van der Waals surface area contributed by atoms with Crippen LogP contribution in [0.4, 0.5) is 5.82 Å². The number of aromatic nitrogens is 1. The van der Waals surface area contributed by atoms with Gasteiger partial charge in [0.05, 0.1) is 0 Å². The largest absolute Gasteiger partial charge is 0.480 e. The standard InChI is InChI=1S/C12H15N3O4/c1-12(19-5-10(16)17)6-15(7-12)9-4-2-3-8(14-9)11(13)18/h2-4H,5-7H2,1H3,(H2,13,18)(H,16,17). The summed E-state index contributed by atoms with van der Waals surface area (Å²) in [6.45, 7) is 2.56. The van der Waals surface area contributed by atoms with E-state index in [2.05, 4.69) is 4.98 Å². The van der Waals surface area contributed by atoms with Crippen LogP contribution >= 0.6 is 0 Å². The van der Waals surface area contributed by atoms with Crippen LogP contribution in [0.5, 0.6) is 0 Å². The van der Waals surface area contributed by atoms with Crippen LogP contribution in [0, 0.1) is 0 Å². The second kappa shape index (κ2) is 4.85. The number of carbonyl (C=O) groups is 2. The Morgan fingerprint density at radius 1 is 1.53 bits per heavy atom. The summed E-state index contributed by atoms with van der Waals surface area (Å²) in [6, 6.07) is 5.02. The van der Waals surface area contributed by atoms with Gasteiger partial charge in [0.2, 0.25) is 0 Å². The number of pyridine rings is 1. The first kappa shape index (κ1) is 13.3. The lowest BCUT2D eigenvalue weighted by Crippen LogP contribution is -2.62. The lowest BCUT2D eigenvalue weighted by Gasteiger charge is -2.47. The van der Waals surface area contributed by atoms with Gasteiger partial charge in [0.15, 0.2) is 0 Å². The zero-order valence-corrected chi connectivity index (χ0v) is 10.5. The minimum absolute atomic E-state index is 0.206. The zero-order valence-electron chi connectivity index (χ0n) is 10.5. The molecular weight excluding hydrogens is 250 g/mol. The number of rotatable bonds is 5. The van der Waals surface area contributed by atoms with Gasteiger partial charge in [-0.2, -0.15) is 0 Å². The summed E-state index contributed by atoms with van der Waals surface area (Å²) in [4.78, 5) is 27.5. The fourth-order valence-electron chi connectivity index (χ4n) is 1.99. The van der Waals surface area contributed by atoms with Crippen LogP contribution in [0.3, 0.4) is 0 Å². The molecule has 0 atom stereocenters. The molecule has 0 aromatic carbocycles. The number of ether oxygens (including phenoxy) is 1. The third kappa shape index (κ3) is 3.00. The number of carboxylic acids is 1. The number of anilines is 1. The van der Waals surface area contributed by atoms with Gasteiger partial charge in [-0.05, 0) is 19.1 Å². The van der Waals surface area contributed by atoms with E-state index in [9.17, 15) is 9.59 Å². The van der Waals surface area contributed by atoms with Crippen molar-refractivity contribution in [3.05, 3.63) is 23.9 Å². The van der Waals surface area contributed by atoms with E-state index < -0.39 is 17.5 Å². The second-order valence-corrected chi connectivity index (χ2v) is 4.73. The van der Waals surface area contributed by atoms with Crippen molar-refractivity contribution in [2.24, 2.45) is 5.73 Å². The highest BCUT2D eigenvalue weighted by Crippen LogP contribution is 2.28. The molecule has 1 fully saturated rings. The smallest absolute Gasteiger partial charge is 0.329 e.